The van der Waals surface area contributed by atoms with Gasteiger partial charge in [-0.25, -0.2) is 4.68 Å². The van der Waals surface area contributed by atoms with Gasteiger partial charge in [0.15, 0.2) is 5.58 Å². The second kappa shape index (κ2) is 6.33. The minimum Gasteiger partial charge on any atom is -0.423 e. The van der Waals surface area contributed by atoms with Gasteiger partial charge in [-0.1, -0.05) is 30.3 Å². The number of aromatic nitrogens is 3. The van der Waals surface area contributed by atoms with E-state index in [-0.39, 0.29) is 0 Å². The Morgan fingerprint density at radius 3 is 2.50 bits per heavy atom. The number of hydrogen-bond acceptors (Lipinski definition) is 4. The van der Waals surface area contributed by atoms with Crippen LogP contribution < -0.4 is 4.90 Å². The fourth-order valence-corrected chi connectivity index (χ4v) is 3.27. The Kier molecular flexibility index (Phi) is 3.99. The topological polar surface area (TPSA) is 47.1 Å². The number of oxazole rings is 1. The molecule has 0 spiro atoms. The molecule has 4 rings (SSSR count). The van der Waals surface area contributed by atoms with E-state index in [4.69, 9.17) is 9.52 Å². The number of nitrogens with zero attached hydrogens (tertiary/aromatic N) is 4. The van der Waals surface area contributed by atoms with Crippen molar-refractivity contribution in [2.45, 2.75) is 27.3 Å². The highest BCUT2D eigenvalue weighted by molar-refractivity contribution is 5.74. The molecule has 0 bridgehead atoms. The molecule has 0 aliphatic rings. The molecule has 2 aromatic carbocycles. The first kappa shape index (κ1) is 16.4. The van der Waals surface area contributed by atoms with Crippen LogP contribution in [0.2, 0.25) is 0 Å². The van der Waals surface area contributed by atoms with Gasteiger partial charge in [0.25, 0.3) is 6.01 Å². The van der Waals surface area contributed by atoms with Gasteiger partial charge in [0, 0.05) is 18.3 Å². The van der Waals surface area contributed by atoms with Crippen molar-refractivity contribution in [2.24, 2.45) is 0 Å². The minimum atomic E-state index is 0.619. The van der Waals surface area contributed by atoms with Crippen LogP contribution in [-0.4, -0.2) is 21.8 Å². The maximum Gasteiger partial charge on any atom is 0.298 e. The fourth-order valence-electron chi connectivity index (χ4n) is 3.27. The molecule has 0 radical (unpaired) electrons. The van der Waals surface area contributed by atoms with Gasteiger partial charge in [-0.15, -0.1) is 0 Å². The maximum absolute atomic E-state index is 5.88. The zero-order valence-electron chi connectivity index (χ0n) is 15.5. The quantitative estimate of drug-likeness (QED) is 0.543. The van der Waals surface area contributed by atoms with E-state index in [0.717, 1.165) is 28.2 Å². The fraction of sp³-hybridized carbons (Fsp3) is 0.238. The largest absolute Gasteiger partial charge is 0.423 e. The molecule has 4 aromatic rings. The molecule has 0 N–H and O–H groups in total. The van der Waals surface area contributed by atoms with Gasteiger partial charge in [0.05, 0.1) is 17.9 Å². The molecule has 2 heterocycles. The Balaban J connectivity index is 1.67. The van der Waals surface area contributed by atoms with Gasteiger partial charge in [-0.2, -0.15) is 10.1 Å². The lowest BCUT2D eigenvalue weighted by atomic mass is 10.1. The standard InChI is InChI=1S/C21H22N4O/c1-14-9-5-7-11-19(14)25-16(3)17(15(2)23-25)13-24(4)21-22-18-10-6-8-12-20(18)26-21/h5-12H,13H2,1-4H3. The zero-order chi connectivity index (χ0) is 18.3. The molecule has 0 aliphatic heterocycles. The van der Waals surface area contributed by atoms with E-state index in [9.17, 15) is 0 Å². The molecule has 132 valence electrons. The first-order chi connectivity index (χ1) is 12.5. The predicted octanol–water partition coefficient (Wildman–Crippen LogP) is 4.58. The van der Waals surface area contributed by atoms with Gasteiger partial charge in [-0.3, -0.25) is 0 Å². The number of aryl methyl sites for hydroxylation is 2. The number of hydrogen-bond donors (Lipinski definition) is 0. The van der Waals surface area contributed by atoms with Crippen LogP contribution >= 0.6 is 0 Å². The molecular weight excluding hydrogens is 324 g/mol. The van der Waals surface area contributed by atoms with Crippen LogP contribution in [0, 0.1) is 20.8 Å². The molecule has 5 nitrogen and oxygen atoms in total. The first-order valence-electron chi connectivity index (χ1n) is 8.72. The van der Waals surface area contributed by atoms with Crippen molar-refractivity contribution in [3.63, 3.8) is 0 Å². The van der Waals surface area contributed by atoms with Gasteiger partial charge in [0.1, 0.15) is 5.52 Å². The maximum atomic E-state index is 5.88. The molecule has 0 atom stereocenters. The van der Waals surface area contributed by atoms with Gasteiger partial charge in [-0.05, 0) is 44.5 Å². The average Bonchev–Trinajstić information content (AvgIpc) is 3.18. The zero-order valence-corrected chi connectivity index (χ0v) is 15.5. The highest BCUT2D eigenvalue weighted by Gasteiger charge is 2.18. The van der Waals surface area contributed by atoms with Crippen molar-refractivity contribution in [3.8, 4) is 5.69 Å². The van der Waals surface area contributed by atoms with Gasteiger partial charge >= 0.3 is 0 Å². The molecule has 2 aromatic heterocycles. The smallest absolute Gasteiger partial charge is 0.298 e. The van der Waals surface area contributed by atoms with Crippen LogP contribution in [0.15, 0.2) is 52.9 Å². The Bertz CT molecular complexity index is 1040. The number of fused-ring (bicyclic) bond motifs is 1. The number of rotatable bonds is 4. The van der Waals surface area contributed by atoms with E-state index < -0.39 is 0 Å². The molecule has 0 saturated heterocycles. The normalized spacial score (nSPS) is 11.2. The van der Waals surface area contributed by atoms with Crippen LogP contribution in [0.1, 0.15) is 22.5 Å². The molecule has 0 amide bonds. The van der Waals surface area contributed by atoms with Crippen LogP contribution in [0.5, 0.6) is 0 Å². The second-order valence-corrected chi connectivity index (χ2v) is 6.67. The summed E-state index contributed by atoms with van der Waals surface area (Å²) >= 11 is 0. The lowest BCUT2D eigenvalue weighted by Gasteiger charge is -2.15. The van der Waals surface area contributed by atoms with Crippen LogP contribution in [0.4, 0.5) is 6.01 Å². The molecule has 0 fully saturated rings. The summed E-state index contributed by atoms with van der Waals surface area (Å²) in [5.41, 5.74) is 7.35. The monoisotopic (exact) mass is 346 g/mol. The van der Waals surface area contributed by atoms with E-state index in [2.05, 4.69) is 37.9 Å². The lowest BCUT2D eigenvalue weighted by Crippen LogP contribution is -2.17. The van der Waals surface area contributed by atoms with Crippen molar-refractivity contribution in [1.29, 1.82) is 0 Å². The summed E-state index contributed by atoms with van der Waals surface area (Å²) in [6, 6.07) is 16.7. The van der Waals surface area contributed by atoms with Crippen LogP contribution in [0.25, 0.3) is 16.8 Å². The van der Waals surface area contributed by atoms with Crippen molar-refractivity contribution in [2.75, 3.05) is 11.9 Å². The summed E-state index contributed by atoms with van der Waals surface area (Å²) in [5, 5.41) is 4.77. The van der Waals surface area contributed by atoms with Crippen molar-refractivity contribution >= 4 is 17.1 Å². The van der Waals surface area contributed by atoms with Crippen molar-refractivity contribution < 1.29 is 4.42 Å². The van der Waals surface area contributed by atoms with Gasteiger partial charge < -0.3 is 9.32 Å². The number of anilines is 1. The molecule has 5 heteroatoms. The van der Waals surface area contributed by atoms with E-state index in [1.807, 2.05) is 53.0 Å². The number of benzene rings is 2. The third-order valence-corrected chi connectivity index (χ3v) is 4.79. The number of para-hydroxylation sites is 3. The third kappa shape index (κ3) is 2.75. The van der Waals surface area contributed by atoms with Crippen LogP contribution in [0.3, 0.4) is 0 Å². The van der Waals surface area contributed by atoms with E-state index in [0.29, 0.717) is 12.6 Å². The lowest BCUT2D eigenvalue weighted by molar-refractivity contribution is 0.582. The summed E-state index contributed by atoms with van der Waals surface area (Å²) in [5.74, 6) is 0. The minimum absolute atomic E-state index is 0.619. The SMILES string of the molecule is Cc1ccccc1-n1nc(C)c(CN(C)c2nc3ccccc3o2)c1C. The molecule has 0 saturated carbocycles. The Hall–Kier alpha value is -3.08. The van der Waals surface area contributed by atoms with E-state index in [1.54, 1.807) is 0 Å². The summed E-state index contributed by atoms with van der Waals surface area (Å²) in [6.07, 6.45) is 0. The summed E-state index contributed by atoms with van der Waals surface area (Å²) < 4.78 is 7.91. The summed E-state index contributed by atoms with van der Waals surface area (Å²) in [4.78, 5) is 6.61. The van der Waals surface area contributed by atoms with Crippen molar-refractivity contribution in [1.82, 2.24) is 14.8 Å². The predicted molar refractivity (Wildman–Crippen MR) is 104 cm³/mol. The molecule has 26 heavy (non-hydrogen) atoms. The highest BCUT2D eigenvalue weighted by atomic mass is 16.4. The summed E-state index contributed by atoms with van der Waals surface area (Å²) in [7, 11) is 1.99. The second-order valence-electron chi connectivity index (χ2n) is 6.67. The van der Waals surface area contributed by atoms with E-state index >= 15 is 0 Å². The first-order valence-corrected chi connectivity index (χ1v) is 8.72. The molecular formula is C21H22N4O. The Morgan fingerprint density at radius 1 is 1.00 bits per heavy atom. The average molecular weight is 346 g/mol. The summed E-state index contributed by atoms with van der Waals surface area (Å²) in [6.45, 7) is 6.96. The Morgan fingerprint density at radius 2 is 1.73 bits per heavy atom. The Labute approximate surface area is 152 Å². The van der Waals surface area contributed by atoms with E-state index in [1.165, 1.54) is 11.1 Å². The van der Waals surface area contributed by atoms with Crippen molar-refractivity contribution in [3.05, 3.63) is 71.0 Å². The molecule has 0 unspecified atom stereocenters. The molecule has 0 aliphatic carbocycles. The highest BCUT2D eigenvalue weighted by Crippen LogP contribution is 2.25. The third-order valence-electron chi connectivity index (χ3n) is 4.79. The van der Waals surface area contributed by atoms with Crippen LogP contribution in [-0.2, 0) is 6.54 Å². The van der Waals surface area contributed by atoms with Gasteiger partial charge in [0.2, 0.25) is 0 Å².